The summed E-state index contributed by atoms with van der Waals surface area (Å²) in [4.78, 5) is 16.7. The summed E-state index contributed by atoms with van der Waals surface area (Å²) in [6, 6.07) is 20.2. The van der Waals surface area contributed by atoms with Crippen molar-refractivity contribution in [2.24, 2.45) is 7.05 Å². The molecular formula is C30H28FN5O3. The first-order chi connectivity index (χ1) is 18.9. The first-order valence-corrected chi connectivity index (χ1v) is 12.8. The molecule has 0 radical (unpaired) electrons. The SMILES string of the molecule is CC(OC(=O)Nc1ccc(-c2c(N)c3ccc(Oc4nccn4C)cc3n2C2CC2)cc1)c1ccc(F)cc1. The molecule has 1 aliphatic carbocycles. The molecule has 0 aliphatic heterocycles. The van der Waals surface area contributed by atoms with E-state index in [-0.39, 0.29) is 5.82 Å². The number of imidazole rings is 1. The highest BCUT2D eigenvalue weighted by Crippen LogP contribution is 2.47. The van der Waals surface area contributed by atoms with Gasteiger partial charge in [0.1, 0.15) is 17.7 Å². The van der Waals surface area contributed by atoms with Gasteiger partial charge in [-0.2, -0.15) is 0 Å². The molecule has 5 aromatic rings. The van der Waals surface area contributed by atoms with Gasteiger partial charge in [-0.15, -0.1) is 0 Å². The monoisotopic (exact) mass is 525 g/mol. The summed E-state index contributed by atoms with van der Waals surface area (Å²) in [6.45, 7) is 1.74. The molecule has 0 bridgehead atoms. The van der Waals surface area contributed by atoms with E-state index in [2.05, 4.69) is 14.9 Å². The predicted molar refractivity (Wildman–Crippen MR) is 148 cm³/mol. The first-order valence-electron chi connectivity index (χ1n) is 12.8. The van der Waals surface area contributed by atoms with Crippen LogP contribution in [0.3, 0.4) is 0 Å². The first kappa shape index (κ1) is 24.5. The largest absolute Gasteiger partial charge is 0.441 e. The third-order valence-electron chi connectivity index (χ3n) is 6.94. The number of nitrogens with one attached hydrogen (secondary N) is 1. The minimum absolute atomic E-state index is 0.338. The number of nitrogen functional groups attached to an aromatic ring is 1. The van der Waals surface area contributed by atoms with Crippen LogP contribution in [0.25, 0.3) is 22.2 Å². The number of nitrogens with zero attached hydrogens (tertiary/aromatic N) is 3. The highest BCUT2D eigenvalue weighted by Gasteiger charge is 2.30. The number of carbonyl (C=O) groups is 1. The molecule has 1 unspecified atom stereocenters. The number of nitrogens with two attached hydrogens (primary N) is 1. The molecule has 8 nitrogen and oxygen atoms in total. The van der Waals surface area contributed by atoms with Crippen molar-refractivity contribution in [1.82, 2.24) is 14.1 Å². The number of amides is 1. The minimum atomic E-state index is -0.591. The average molecular weight is 526 g/mol. The van der Waals surface area contributed by atoms with Crippen LogP contribution in [0.15, 0.2) is 79.1 Å². The average Bonchev–Trinajstić information content (AvgIpc) is 3.62. The number of hydrogen-bond donors (Lipinski definition) is 2. The van der Waals surface area contributed by atoms with Gasteiger partial charge in [0.2, 0.25) is 0 Å². The summed E-state index contributed by atoms with van der Waals surface area (Å²) in [5.41, 5.74) is 11.6. The van der Waals surface area contributed by atoms with E-state index in [0.29, 0.717) is 34.7 Å². The number of benzene rings is 3. The van der Waals surface area contributed by atoms with Crippen molar-refractivity contribution in [2.45, 2.75) is 31.9 Å². The molecule has 2 heterocycles. The Balaban J connectivity index is 1.23. The van der Waals surface area contributed by atoms with E-state index in [1.54, 1.807) is 25.3 Å². The number of ether oxygens (including phenoxy) is 2. The lowest BCUT2D eigenvalue weighted by atomic mass is 10.1. The Bertz CT molecular complexity index is 1650. The molecule has 0 saturated heterocycles. The molecule has 0 spiro atoms. The zero-order valence-corrected chi connectivity index (χ0v) is 21.6. The number of rotatable bonds is 7. The van der Waals surface area contributed by atoms with Crippen LogP contribution in [-0.2, 0) is 11.8 Å². The lowest BCUT2D eigenvalue weighted by molar-refractivity contribution is 0.121. The lowest BCUT2D eigenvalue weighted by Gasteiger charge is -2.15. The third-order valence-corrected chi connectivity index (χ3v) is 6.94. The van der Waals surface area contributed by atoms with Gasteiger partial charge in [0, 0.05) is 48.2 Å². The lowest BCUT2D eigenvalue weighted by Crippen LogP contribution is -2.16. The van der Waals surface area contributed by atoms with Crippen LogP contribution in [0.1, 0.15) is 37.5 Å². The van der Waals surface area contributed by atoms with Gasteiger partial charge >= 0.3 is 12.1 Å². The van der Waals surface area contributed by atoms with Crippen molar-refractivity contribution in [2.75, 3.05) is 11.1 Å². The molecule has 198 valence electrons. The van der Waals surface area contributed by atoms with Crippen molar-refractivity contribution in [1.29, 1.82) is 0 Å². The molecule has 39 heavy (non-hydrogen) atoms. The number of aryl methyl sites for hydroxylation is 1. The number of aromatic nitrogens is 3. The van der Waals surface area contributed by atoms with Crippen LogP contribution < -0.4 is 15.8 Å². The number of halogens is 1. The van der Waals surface area contributed by atoms with E-state index in [0.717, 1.165) is 35.0 Å². The topological polar surface area (TPSA) is 96.3 Å². The molecule has 6 rings (SSSR count). The summed E-state index contributed by atoms with van der Waals surface area (Å²) in [7, 11) is 1.88. The molecule has 9 heteroatoms. The summed E-state index contributed by atoms with van der Waals surface area (Å²) >= 11 is 0. The second-order valence-corrected chi connectivity index (χ2v) is 9.77. The van der Waals surface area contributed by atoms with E-state index in [1.807, 2.05) is 60.3 Å². The molecule has 1 amide bonds. The minimum Gasteiger partial charge on any atom is -0.441 e. The maximum atomic E-state index is 13.2. The Morgan fingerprint density at radius 1 is 1.10 bits per heavy atom. The van der Waals surface area contributed by atoms with Gasteiger partial charge in [-0.25, -0.2) is 14.2 Å². The van der Waals surface area contributed by atoms with E-state index in [9.17, 15) is 9.18 Å². The highest BCUT2D eigenvalue weighted by molar-refractivity contribution is 6.02. The van der Waals surface area contributed by atoms with Crippen molar-refractivity contribution in [3.63, 3.8) is 0 Å². The third kappa shape index (κ3) is 4.90. The zero-order valence-electron chi connectivity index (χ0n) is 21.6. The van der Waals surface area contributed by atoms with Gasteiger partial charge in [-0.3, -0.25) is 5.32 Å². The number of anilines is 2. The zero-order chi connectivity index (χ0) is 27.1. The molecule has 3 aromatic carbocycles. The Hall–Kier alpha value is -4.79. The fraction of sp³-hybridized carbons (Fsp3) is 0.200. The Morgan fingerprint density at radius 3 is 2.51 bits per heavy atom. The van der Waals surface area contributed by atoms with E-state index in [4.69, 9.17) is 15.2 Å². The van der Waals surface area contributed by atoms with E-state index >= 15 is 0 Å². The highest BCUT2D eigenvalue weighted by atomic mass is 19.1. The van der Waals surface area contributed by atoms with Crippen molar-refractivity contribution >= 4 is 28.4 Å². The van der Waals surface area contributed by atoms with Crippen molar-refractivity contribution < 1.29 is 18.7 Å². The fourth-order valence-corrected chi connectivity index (χ4v) is 4.76. The second kappa shape index (κ2) is 9.83. The number of hydrogen-bond acceptors (Lipinski definition) is 5. The van der Waals surface area contributed by atoms with Gasteiger partial charge in [-0.05, 0) is 61.7 Å². The molecule has 1 aliphatic rings. The summed E-state index contributed by atoms with van der Waals surface area (Å²) in [5.74, 6) is 0.353. The molecule has 1 saturated carbocycles. The molecule has 3 N–H and O–H groups in total. The second-order valence-electron chi connectivity index (χ2n) is 9.77. The summed E-state index contributed by atoms with van der Waals surface area (Å²) < 4.78 is 28.7. The predicted octanol–water partition coefficient (Wildman–Crippen LogP) is 7.20. The Labute approximate surface area is 224 Å². The maximum absolute atomic E-state index is 13.2. The quantitative estimate of drug-likeness (QED) is 0.234. The molecule has 1 fully saturated rings. The molecular weight excluding hydrogens is 497 g/mol. The Kier molecular flexibility index (Phi) is 6.18. The molecule has 2 aromatic heterocycles. The van der Waals surface area contributed by atoms with Gasteiger partial charge < -0.3 is 24.3 Å². The van der Waals surface area contributed by atoms with Crippen LogP contribution in [0, 0.1) is 5.82 Å². The maximum Gasteiger partial charge on any atom is 0.412 e. The van der Waals surface area contributed by atoms with Crippen LogP contribution in [0.5, 0.6) is 11.8 Å². The fourth-order valence-electron chi connectivity index (χ4n) is 4.76. The molecule has 1 atom stereocenters. The van der Waals surface area contributed by atoms with E-state index < -0.39 is 12.2 Å². The van der Waals surface area contributed by atoms with Crippen LogP contribution in [-0.4, -0.2) is 20.2 Å². The van der Waals surface area contributed by atoms with Gasteiger partial charge in [0.05, 0.1) is 16.9 Å². The van der Waals surface area contributed by atoms with Crippen LogP contribution in [0.2, 0.25) is 0 Å². The summed E-state index contributed by atoms with van der Waals surface area (Å²) in [5, 5.41) is 3.72. The smallest absolute Gasteiger partial charge is 0.412 e. The Morgan fingerprint density at radius 2 is 1.85 bits per heavy atom. The van der Waals surface area contributed by atoms with Gasteiger partial charge in [0.25, 0.3) is 0 Å². The number of fused-ring (bicyclic) bond motifs is 1. The van der Waals surface area contributed by atoms with Crippen LogP contribution >= 0.6 is 0 Å². The standard InChI is InChI=1S/C30H28FN5O3/c1-18(19-3-7-21(31)8-4-19)38-30(37)34-22-9-5-20(6-10-22)28-27(32)25-14-13-24(39-29-33-15-16-35(29)2)17-26(25)36(28)23-11-12-23/h3-10,13-18,23H,11-12,32H2,1-2H3,(H,34,37). The van der Waals surface area contributed by atoms with Crippen molar-refractivity contribution in [3.05, 3.63) is 90.5 Å². The van der Waals surface area contributed by atoms with Gasteiger partial charge in [-0.1, -0.05) is 24.3 Å². The van der Waals surface area contributed by atoms with Crippen molar-refractivity contribution in [3.8, 4) is 23.0 Å². The van der Waals surface area contributed by atoms with Crippen LogP contribution in [0.4, 0.5) is 20.6 Å². The van der Waals surface area contributed by atoms with E-state index in [1.165, 1.54) is 12.1 Å². The summed E-state index contributed by atoms with van der Waals surface area (Å²) in [6.07, 6.45) is 4.58. The normalized spacial score (nSPS) is 13.8. The number of carbonyl (C=O) groups excluding carboxylic acids is 1. The van der Waals surface area contributed by atoms with Gasteiger partial charge in [0.15, 0.2) is 0 Å².